The number of aromatic nitrogens is 2. The minimum Gasteiger partial charge on any atom is -0.466 e. The van der Waals surface area contributed by atoms with Crippen LogP contribution in [0.2, 0.25) is 0 Å². The van der Waals surface area contributed by atoms with E-state index in [0.29, 0.717) is 24.0 Å². The quantitative estimate of drug-likeness (QED) is 0.234. The molecule has 6 nitrogen and oxygen atoms in total. The highest BCUT2D eigenvalue weighted by Crippen LogP contribution is 2.25. The second-order valence-corrected chi connectivity index (χ2v) is 8.42. The van der Waals surface area contributed by atoms with E-state index in [4.69, 9.17) is 13.6 Å². The minimum absolute atomic E-state index is 0.0587. The van der Waals surface area contributed by atoms with E-state index in [1.54, 1.807) is 6.92 Å². The highest BCUT2D eigenvalue weighted by Gasteiger charge is 2.12. The molecule has 0 saturated heterocycles. The summed E-state index contributed by atoms with van der Waals surface area (Å²) < 4.78 is 15.9. The van der Waals surface area contributed by atoms with Crippen LogP contribution in [-0.2, 0) is 16.0 Å². The van der Waals surface area contributed by atoms with E-state index in [9.17, 15) is 4.79 Å². The predicted molar refractivity (Wildman–Crippen MR) is 144 cm³/mol. The third kappa shape index (κ3) is 5.76. The molecule has 0 aliphatic heterocycles. The molecule has 6 aromatic rings. The van der Waals surface area contributed by atoms with Gasteiger partial charge in [-0.25, -0.2) is 9.97 Å². The Kier molecular flexibility index (Phi) is 7.08. The van der Waals surface area contributed by atoms with E-state index in [2.05, 4.69) is 34.2 Å². The Morgan fingerprint density at radius 1 is 0.703 bits per heavy atom. The summed E-state index contributed by atoms with van der Waals surface area (Å²) in [6.45, 7) is 4.00. The fraction of sp³-hybridized carbons (Fsp3) is 0.129. The summed E-state index contributed by atoms with van der Waals surface area (Å²) in [4.78, 5) is 20.1. The Morgan fingerprint density at radius 3 is 1.81 bits per heavy atom. The molecule has 6 rings (SSSR count). The van der Waals surface area contributed by atoms with Gasteiger partial charge in [-0.3, -0.25) is 4.79 Å². The molecule has 0 unspecified atom stereocenters. The number of hydrogen-bond donors (Lipinski definition) is 0. The van der Waals surface area contributed by atoms with Gasteiger partial charge in [-0.1, -0.05) is 72.8 Å². The zero-order valence-electron chi connectivity index (χ0n) is 20.7. The molecule has 0 N–H and O–H groups in total. The maximum absolute atomic E-state index is 11.5. The molecule has 0 atom stereocenters. The van der Waals surface area contributed by atoms with Crippen molar-refractivity contribution in [3.63, 3.8) is 0 Å². The van der Waals surface area contributed by atoms with Crippen LogP contribution in [0.25, 0.3) is 44.5 Å². The fourth-order valence-corrected chi connectivity index (χ4v) is 4.05. The van der Waals surface area contributed by atoms with Gasteiger partial charge in [0.15, 0.2) is 17.1 Å². The summed E-state index contributed by atoms with van der Waals surface area (Å²) in [7, 11) is 0. The van der Waals surface area contributed by atoms with Crippen molar-refractivity contribution in [2.24, 2.45) is 0 Å². The van der Waals surface area contributed by atoms with Crippen LogP contribution in [0.1, 0.15) is 18.7 Å². The first-order chi connectivity index (χ1) is 18.1. The molecule has 0 aliphatic rings. The molecule has 0 amide bonds. The van der Waals surface area contributed by atoms with Crippen LogP contribution >= 0.6 is 0 Å². The SMILES string of the molecule is CCOC(=O)Cc1nc2cc(-c3ccccc3)ccc2o1.Cc1nc2cc(-c3ccccc3)ccc2o1. The highest BCUT2D eigenvalue weighted by atomic mass is 16.5. The normalized spacial score (nSPS) is 10.8. The molecule has 6 heteroatoms. The van der Waals surface area contributed by atoms with E-state index in [1.807, 2.05) is 79.7 Å². The van der Waals surface area contributed by atoms with Gasteiger partial charge in [0.05, 0.1) is 6.61 Å². The molecule has 2 heterocycles. The van der Waals surface area contributed by atoms with Crippen LogP contribution in [0.3, 0.4) is 0 Å². The van der Waals surface area contributed by atoms with E-state index >= 15 is 0 Å². The number of fused-ring (bicyclic) bond motifs is 2. The second kappa shape index (κ2) is 10.9. The average molecular weight is 491 g/mol. The Bertz CT molecular complexity index is 1640. The number of nitrogens with zero attached hydrogens (tertiary/aromatic N) is 2. The molecule has 0 spiro atoms. The first-order valence-electron chi connectivity index (χ1n) is 12.1. The number of carbonyl (C=O) groups excluding carboxylic acids is 1. The van der Waals surface area contributed by atoms with Crippen molar-refractivity contribution in [1.29, 1.82) is 0 Å². The summed E-state index contributed by atoms with van der Waals surface area (Å²) in [5.41, 5.74) is 7.74. The summed E-state index contributed by atoms with van der Waals surface area (Å²) in [5, 5.41) is 0. The number of esters is 1. The molecule has 37 heavy (non-hydrogen) atoms. The van der Waals surface area contributed by atoms with Crippen LogP contribution in [0.5, 0.6) is 0 Å². The molecule has 184 valence electrons. The molecule has 0 saturated carbocycles. The van der Waals surface area contributed by atoms with Gasteiger partial charge in [0.1, 0.15) is 17.5 Å². The number of aryl methyl sites for hydroxylation is 1. The first kappa shape index (κ1) is 24.0. The minimum atomic E-state index is -0.327. The first-order valence-corrected chi connectivity index (χ1v) is 12.1. The van der Waals surface area contributed by atoms with Gasteiger partial charge in [0, 0.05) is 6.92 Å². The van der Waals surface area contributed by atoms with Crippen molar-refractivity contribution in [3.8, 4) is 22.3 Å². The van der Waals surface area contributed by atoms with Gasteiger partial charge in [-0.05, 0) is 53.4 Å². The Balaban J connectivity index is 0.000000157. The molecule has 4 aromatic carbocycles. The summed E-state index contributed by atoms with van der Waals surface area (Å²) in [5.74, 6) is 0.765. The molecular formula is C31H26N2O4. The molecule has 0 bridgehead atoms. The Hall–Kier alpha value is -4.71. The standard InChI is InChI=1S/C17H15NO3.C14H11NO/c1-2-20-17(19)11-16-18-14-10-13(8-9-15(14)21-16)12-6-4-3-5-7-12;1-10-15-13-9-12(7-8-14(13)16-10)11-5-3-2-4-6-11/h3-10H,2,11H2,1H3;2-9H,1H3. The molecule has 0 aliphatic carbocycles. The van der Waals surface area contributed by atoms with Gasteiger partial charge in [0.25, 0.3) is 0 Å². The monoisotopic (exact) mass is 490 g/mol. The summed E-state index contributed by atoms with van der Waals surface area (Å²) >= 11 is 0. The summed E-state index contributed by atoms with van der Waals surface area (Å²) in [6, 6.07) is 32.2. The van der Waals surface area contributed by atoms with Gasteiger partial charge in [-0.15, -0.1) is 0 Å². The molecule has 0 fully saturated rings. The average Bonchev–Trinajstić information content (AvgIpc) is 3.50. The van der Waals surface area contributed by atoms with Crippen molar-refractivity contribution in [2.45, 2.75) is 20.3 Å². The topological polar surface area (TPSA) is 78.4 Å². The lowest BCUT2D eigenvalue weighted by atomic mass is 10.1. The number of oxazole rings is 2. The van der Waals surface area contributed by atoms with Crippen LogP contribution in [-0.4, -0.2) is 22.5 Å². The number of rotatable bonds is 5. The number of hydrogen-bond acceptors (Lipinski definition) is 6. The van der Waals surface area contributed by atoms with Gasteiger partial charge < -0.3 is 13.6 Å². The van der Waals surface area contributed by atoms with Gasteiger partial charge in [-0.2, -0.15) is 0 Å². The Labute approximate surface area is 214 Å². The van der Waals surface area contributed by atoms with Crippen molar-refractivity contribution in [1.82, 2.24) is 9.97 Å². The van der Waals surface area contributed by atoms with Crippen molar-refractivity contribution in [3.05, 3.63) is 109 Å². The zero-order valence-corrected chi connectivity index (χ0v) is 20.7. The lowest BCUT2D eigenvalue weighted by Gasteiger charge is -1.99. The third-order valence-electron chi connectivity index (χ3n) is 5.74. The highest BCUT2D eigenvalue weighted by molar-refractivity contribution is 5.82. The van der Waals surface area contributed by atoms with Crippen LogP contribution < -0.4 is 0 Å². The summed E-state index contributed by atoms with van der Waals surface area (Å²) in [6.07, 6.45) is 0.0587. The fourth-order valence-electron chi connectivity index (χ4n) is 4.05. The lowest BCUT2D eigenvalue weighted by Crippen LogP contribution is -2.07. The Morgan fingerprint density at radius 2 is 1.24 bits per heavy atom. The van der Waals surface area contributed by atoms with Crippen molar-refractivity contribution in [2.75, 3.05) is 6.61 Å². The lowest BCUT2D eigenvalue weighted by molar-refractivity contribution is -0.142. The number of ether oxygens (including phenoxy) is 1. The third-order valence-corrected chi connectivity index (χ3v) is 5.74. The van der Waals surface area contributed by atoms with E-state index < -0.39 is 0 Å². The maximum atomic E-state index is 11.5. The molecule has 0 radical (unpaired) electrons. The van der Waals surface area contributed by atoms with Crippen LogP contribution in [0.4, 0.5) is 0 Å². The van der Waals surface area contributed by atoms with Gasteiger partial charge >= 0.3 is 5.97 Å². The predicted octanol–water partition coefficient (Wildman–Crippen LogP) is 7.40. The number of carbonyl (C=O) groups is 1. The largest absolute Gasteiger partial charge is 0.466 e. The van der Waals surface area contributed by atoms with Crippen LogP contribution in [0, 0.1) is 6.92 Å². The maximum Gasteiger partial charge on any atom is 0.315 e. The second-order valence-electron chi connectivity index (χ2n) is 8.42. The smallest absolute Gasteiger partial charge is 0.315 e. The molecular weight excluding hydrogens is 464 g/mol. The van der Waals surface area contributed by atoms with Gasteiger partial charge in [0.2, 0.25) is 5.89 Å². The zero-order chi connectivity index (χ0) is 25.6. The number of benzene rings is 4. The van der Waals surface area contributed by atoms with E-state index in [-0.39, 0.29) is 12.4 Å². The van der Waals surface area contributed by atoms with Crippen molar-refractivity contribution >= 4 is 28.2 Å². The van der Waals surface area contributed by atoms with E-state index in [0.717, 1.165) is 27.7 Å². The van der Waals surface area contributed by atoms with Crippen LogP contribution in [0.15, 0.2) is 106 Å². The molecule has 2 aromatic heterocycles. The van der Waals surface area contributed by atoms with Crippen molar-refractivity contribution < 1.29 is 18.4 Å². The van der Waals surface area contributed by atoms with E-state index in [1.165, 1.54) is 11.1 Å².